The van der Waals surface area contributed by atoms with Gasteiger partial charge in [-0.2, -0.15) is 0 Å². The maximum absolute atomic E-state index is 5.32. The second-order valence-corrected chi connectivity index (χ2v) is 5.31. The molecule has 0 amide bonds. The summed E-state index contributed by atoms with van der Waals surface area (Å²) >= 11 is 1.74. The fourth-order valence-corrected chi connectivity index (χ4v) is 2.67. The molecule has 0 spiro atoms. The van der Waals surface area contributed by atoms with Crippen LogP contribution in [0.4, 0.5) is 0 Å². The molecule has 0 aliphatic carbocycles. The summed E-state index contributed by atoms with van der Waals surface area (Å²) < 4.78 is 5.32. The number of aromatic nitrogens is 1. The Kier molecular flexibility index (Phi) is 5.38. The van der Waals surface area contributed by atoms with Gasteiger partial charge in [0.1, 0.15) is 5.01 Å². The minimum absolute atomic E-state index is 0.895. The average Bonchev–Trinajstić information content (AvgIpc) is 2.76. The Labute approximate surface area is 107 Å². The van der Waals surface area contributed by atoms with Gasteiger partial charge in [0.2, 0.25) is 0 Å². The smallest absolute Gasteiger partial charge is 0.107 e. The van der Waals surface area contributed by atoms with Crippen LogP contribution in [0.2, 0.25) is 0 Å². The molecule has 5 heteroatoms. The highest BCUT2D eigenvalue weighted by atomic mass is 32.1. The van der Waals surface area contributed by atoms with Gasteiger partial charge in [0.15, 0.2) is 0 Å². The lowest BCUT2D eigenvalue weighted by Gasteiger charge is -2.26. The van der Waals surface area contributed by atoms with Crippen LogP contribution < -0.4 is 5.32 Å². The van der Waals surface area contributed by atoms with Crippen LogP contribution >= 0.6 is 11.3 Å². The third-order valence-corrected chi connectivity index (χ3v) is 3.84. The summed E-state index contributed by atoms with van der Waals surface area (Å²) in [6, 6.07) is 0. The molecule has 2 rings (SSSR count). The molecule has 4 nitrogen and oxygen atoms in total. The van der Waals surface area contributed by atoms with Crippen LogP contribution in [0.5, 0.6) is 0 Å². The Morgan fingerprint density at radius 1 is 1.47 bits per heavy atom. The third kappa shape index (κ3) is 4.71. The number of thiazole rings is 1. The van der Waals surface area contributed by atoms with Crippen LogP contribution in [0.1, 0.15) is 17.1 Å². The molecule has 0 radical (unpaired) electrons. The highest BCUT2D eigenvalue weighted by Crippen LogP contribution is 2.07. The minimum Gasteiger partial charge on any atom is -0.379 e. The number of rotatable bonds is 6. The van der Waals surface area contributed by atoms with E-state index in [1.807, 2.05) is 6.92 Å². The van der Waals surface area contributed by atoms with E-state index in [0.717, 1.165) is 45.1 Å². The molecule has 0 aromatic carbocycles. The third-order valence-electron chi connectivity index (χ3n) is 2.87. The van der Waals surface area contributed by atoms with E-state index < -0.39 is 0 Å². The second kappa shape index (κ2) is 7.06. The fraction of sp³-hybridized carbons (Fsp3) is 0.750. The molecular formula is C12H21N3OS. The van der Waals surface area contributed by atoms with Gasteiger partial charge in [0.05, 0.1) is 13.2 Å². The van der Waals surface area contributed by atoms with Gasteiger partial charge in [-0.3, -0.25) is 4.90 Å². The molecule has 0 bridgehead atoms. The summed E-state index contributed by atoms with van der Waals surface area (Å²) in [6.45, 7) is 9.15. The van der Waals surface area contributed by atoms with Gasteiger partial charge < -0.3 is 10.1 Å². The fourth-order valence-electron chi connectivity index (χ4n) is 1.93. The number of nitrogens with zero attached hydrogens (tertiary/aromatic N) is 2. The zero-order valence-electron chi connectivity index (χ0n) is 10.4. The molecule has 2 heterocycles. The normalized spacial score (nSPS) is 17.5. The molecular weight excluding hydrogens is 234 g/mol. The molecule has 0 saturated carbocycles. The van der Waals surface area contributed by atoms with Crippen LogP contribution in [-0.4, -0.2) is 49.3 Å². The number of hydrogen-bond acceptors (Lipinski definition) is 5. The summed E-state index contributed by atoms with van der Waals surface area (Å²) in [5.74, 6) is 0. The quantitative estimate of drug-likeness (QED) is 0.777. The lowest BCUT2D eigenvalue weighted by molar-refractivity contribution is 0.0374. The van der Waals surface area contributed by atoms with E-state index in [-0.39, 0.29) is 0 Å². The molecule has 17 heavy (non-hydrogen) atoms. The maximum atomic E-state index is 5.32. The Morgan fingerprint density at radius 2 is 2.29 bits per heavy atom. The SMILES string of the molecule is Cc1csc(CNCCCN2CCOCC2)n1. The van der Waals surface area contributed by atoms with Crippen molar-refractivity contribution < 1.29 is 4.74 Å². The summed E-state index contributed by atoms with van der Waals surface area (Å²) in [7, 11) is 0. The van der Waals surface area contributed by atoms with Gasteiger partial charge in [-0.1, -0.05) is 0 Å². The van der Waals surface area contributed by atoms with Crippen molar-refractivity contribution in [3.05, 3.63) is 16.1 Å². The first-order valence-corrected chi connectivity index (χ1v) is 7.14. The molecule has 0 unspecified atom stereocenters. The van der Waals surface area contributed by atoms with Gasteiger partial charge in [0, 0.05) is 30.7 Å². The van der Waals surface area contributed by atoms with Crippen LogP contribution in [0, 0.1) is 6.92 Å². The Hall–Kier alpha value is -0.490. The second-order valence-electron chi connectivity index (χ2n) is 4.37. The Morgan fingerprint density at radius 3 is 3.00 bits per heavy atom. The predicted molar refractivity (Wildman–Crippen MR) is 70.4 cm³/mol. The van der Waals surface area contributed by atoms with Crippen molar-refractivity contribution in [2.45, 2.75) is 19.9 Å². The molecule has 1 fully saturated rings. The van der Waals surface area contributed by atoms with Gasteiger partial charge in [-0.05, 0) is 26.4 Å². The van der Waals surface area contributed by atoms with Crippen molar-refractivity contribution in [2.24, 2.45) is 0 Å². The summed E-state index contributed by atoms with van der Waals surface area (Å²) in [5.41, 5.74) is 1.13. The zero-order valence-corrected chi connectivity index (χ0v) is 11.3. The van der Waals surface area contributed by atoms with E-state index in [9.17, 15) is 0 Å². The molecule has 1 aromatic heterocycles. The van der Waals surface area contributed by atoms with Crippen molar-refractivity contribution in [2.75, 3.05) is 39.4 Å². The number of nitrogens with one attached hydrogen (secondary N) is 1. The van der Waals surface area contributed by atoms with E-state index in [4.69, 9.17) is 4.74 Å². The van der Waals surface area contributed by atoms with E-state index >= 15 is 0 Å². The first-order valence-electron chi connectivity index (χ1n) is 6.26. The van der Waals surface area contributed by atoms with Crippen LogP contribution in [0.15, 0.2) is 5.38 Å². The molecule has 1 N–H and O–H groups in total. The first kappa shape index (κ1) is 13.0. The highest BCUT2D eigenvalue weighted by molar-refractivity contribution is 7.09. The molecule has 1 aliphatic rings. The lowest BCUT2D eigenvalue weighted by atomic mass is 10.3. The standard InChI is InChI=1S/C12H21N3OS/c1-11-10-17-12(14-11)9-13-3-2-4-15-5-7-16-8-6-15/h10,13H,2-9H2,1H3. The maximum Gasteiger partial charge on any atom is 0.107 e. The Bertz CT molecular complexity index is 323. The van der Waals surface area contributed by atoms with E-state index in [1.165, 1.54) is 18.0 Å². The average molecular weight is 255 g/mol. The number of morpholine rings is 1. The largest absolute Gasteiger partial charge is 0.379 e. The monoisotopic (exact) mass is 255 g/mol. The summed E-state index contributed by atoms with van der Waals surface area (Å²) in [5, 5.41) is 6.74. The van der Waals surface area contributed by atoms with E-state index in [2.05, 4.69) is 20.6 Å². The topological polar surface area (TPSA) is 37.4 Å². The van der Waals surface area contributed by atoms with Gasteiger partial charge in [-0.25, -0.2) is 4.98 Å². The molecule has 1 aromatic rings. The van der Waals surface area contributed by atoms with Crippen LogP contribution in [-0.2, 0) is 11.3 Å². The summed E-state index contributed by atoms with van der Waals surface area (Å²) in [4.78, 5) is 6.90. The van der Waals surface area contributed by atoms with Gasteiger partial charge >= 0.3 is 0 Å². The summed E-state index contributed by atoms with van der Waals surface area (Å²) in [6.07, 6.45) is 1.20. The van der Waals surface area contributed by atoms with Crippen molar-refractivity contribution in [1.29, 1.82) is 0 Å². The Balaban J connectivity index is 1.51. The minimum atomic E-state index is 0.895. The molecule has 0 atom stereocenters. The zero-order chi connectivity index (χ0) is 11.9. The molecule has 96 valence electrons. The number of hydrogen-bond donors (Lipinski definition) is 1. The van der Waals surface area contributed by atoms with Crippen molar-refractivity contribution in [3.8, 4) is 0 Å². The number of ether oxygens (including phenoxy) is 1. The van der Waals surface area contributed by atoms with E-state index in [0.29, 0.717) is 0 Å². The predicted octanol–water partition coefficient (Wildman–Crippen LogP) is 1.26. The molecule has 1 saturated heterocycles. The van der Waals surface area contributed by atoms with E-state index in [1.54, 1.807) is 11.3 Å². The highest BCUT2D eigenvalue weighted by Gasteiger charge is 2.08. The number of aryl methyl sites for hydroxylation is 1. The first-order chi connectivity index (χ1) is 8.34. The van der Waals surface area contributed by atoms with Crippen LogP contribution in [0.3, 0.4) is 0 Å². The van der Waals surface area contributed by atoms with Crippen LogP contribution in [0.25, 0.3) is 0 Å². The van der Waals surface area contributed by atoms with Gasteiger partial charge in [0.25, 0.3) is 0 Å². The lowest BCUT2D eigenvalue weighted by Crippen LogP contribution is -2.37. The van der Waals surface area contributed by atoms with Crippen molar-refractivity contribution in [3.63, 3.8) is 0 Å². The van der Waals surface area contributed by atoms with Crippen molar-refractivity contribution in [1.82, 2.24) is 15.2 Å². The van der Waals surface area contributed by atoms with Gasteiger partial charge in [-0.15, -0.1) is 11.3 Å². The van der Waals surface area contributed by atoms with Crippen molar-refractivity contribution >= 4 is 11.3 Å². The molecule has 1 aliphatic heterocycles.